The number of amides is 3. The molecule has 6 heteroatoms. The normalized spacial score (nSPS) is 14.6. The number of carbonyl (C=O) groups excluding carboxylic acids is 3. The van der Waals surface area contributed by atoms with Gasteiger partial charge in [0.2, 0.25) is 0 Å². The van der Waals surface area contributed by atoms with Crippen LogP contribution in [0.3, 0.4) is 0 Å². The first-order valence-electron chi connectivity index (χ1n) is 8.62. The third kappa shape index (κ3) is 2.45. The highest BCUT2D eigenvalue weighted by molar-refractivity contribution is 6.23. The lowest BCUT2D eigenvalue weighted by molar-refractivity contribution is -0.170. The summed E-state index contributed by atoms with van der Waals surface area (Å²) in [7, 11) is 0. The van der Waals surface area contributed by atoms with E-state index in [0.29, 0.717) is 10.8 Å². The monoisotopic (exact) mass is 358 g/mol. The van der Waals surface area contributed by atoms with E-state index in [1.165, 1.54) is 5.39 Å². The first-order chi connectivity index (χ1) is 13.1. The summed E-state index contributed by atoms with van der Waals surface area (Å²) in [6, 6.07) is 18.0. The number of benzene rings is 4. The van der Waals surface area contributed by atoms with Crippen LogP contribution in [0.25, 0.3) is 32.3 Å². The summed E-state index contributed by atoms with van der Waals surface area (Å²) in [5, 5.41) is 9.76. The molecule has 27 heavy (non-hydrogen) atoms. The molecule has 1 aliphatic rings. The highest BCUT2D eigenvalue weighted by Gasteiger charge is 2.32. The molecule has 6 nitrogen and oxygen atoms in total. The minimum Gasteiger partial charge on any atom is -0.311 e. The van der Waals surface area contributed by atoms with Crippen molar-refractivity contribution in [3.05, 3.63) is 54.6 Å². The maximum Gasteiger partial charge on any atom is 0.436 e. The highest BCUT2D eigenvalue weighted by Crippen LogP contribution is 2.36. The SMILES string of the molecule is O=C(Nc1cc2ccc3cccc4ccc(c1)c2c34)ON1C(=O)CCC1=O. The Morgan fingerprint density at radius 2 is 1.33 bits per heavy atom. The quantitative estimate of drug-likeness (QED) is 0.430. The molecule has 0 unspecified atom stereocenters. The average molecular weight is 358 g/mol. The van der Waals surface area contributed by atoms with Gasteiger partial charge in [-0.05, 0) is 44.5 Å². The summed E-state index contributed by atoms with van der Waals surface area (Å²) in [4.78, 5) is 40.1. The smallest absolute Gasteiger partial charge is 0.311 e. The molecule has 1 heterocycles. The van der Waals surface area contributed by atoms with Crippen molar-refractivity contribution in [2.75, 3.05) is 5.32 Å². The van der Waals surface area contributed by atoms with Crippen molar-refractivity contribution in [3.63, 3.8) is 0 Å². The summed E-state index contributed by atoms with van der Waals surface area (Å²) in [5.41, 5.74) is 0.532. The van der Waals surface area contributed by atoms with Crippen LogP contribution in [-0.2, 0) is 14.4 Å². The van der Waals surface area contributed by atoms with Crippen molar-refractivity contribution >= 4 is 55.9 Å². The zero-order chi connectivity index (χ0) is 18.5. The molecule has 4 aromatic rings. The molecule has 4 aromatic carbocycles. The van der Waals surface area contributed by atoms with Gasteiger partial charge in [-0.25, -0.2) is 4.79 Å². The number of nitrogens with zero attached hydrogens (tertiary/aromatic N) is 1. The van der Waals surface area contributed by atoms with E-state index in [0.717, 1.165) is 26.9 Å². The molecule has 3 amide bonds. The van der Waals surface area contributed by atoms with Crippen LogP contribution in [-0.4, -0.2) is 23.0 Å². The molecule has 0 saturated carbocycles. The summed E-state index contributed by atoms with van der Waals surface area (Å²) >= 11 is 0. The van der Waals surface area contributed by atoms with Crippen LogP contribution in [0.5, 0.6) is 0 Å². The van der Waals surface area contributed by atoms with E-state index in [1.807, 2.05) is 42.5 Å². The summed E-state index contributed by atoms with van der Waals surface area (Å²) in [6.45, 7) is 0. The lowest BCUT2D eigenvalue weighted by Crippen LogP contribution is -2.33. The van der Waals surface area contributed by atoms with E-state index in [2.05, 4.69) is 17.4 Å². The Bertz CT molecular complexity index is 1170. The van der Waals surface area contributed by atoms with Crippen LogP contribution in [0.15, 0.2) is 54.6 Å². The van der Waals surface area contributed by atoms with E-state index in [-0.39, 0.29) is 12.8 Å². The first kappa shape index (κ1) is 15.6. The lowest BCUT2D eigenvalue weighted by atomic mass is 9.94. The van der Waals surface area contributed by atoms with Crippen LogP contribution in [0, 0.1) is 0 Å². The standard InChI is InChI=1S/C21H14N2O4/c24-17-8-9-18(25)23(17)27-21(26)22-16-10-14-6-4-12-2-1-3-13-5-7-15(11-16)20(14)19(12)13/h1-7,10-11H,8-9H2,(H,22,26). The largest absolute Gasteiger partial charge is 0.436 e. The van der Waals surface area contributed by atoms with Gasteiger partial charge in [0, 0.05) is 18.5 Å². The molecule has 0 radical (unpaired) electrons. The zero-order valence-corrected chi connectivity index (χ0v) is 14.2. The van der Waals surface area contributed by atoms with E-state index in [1.54, 1.807) is 0 Å². The summed E-state index contributed by atoms with van der Waals surface area (Å²) < 4.78 is 0. The maximum atomic E-state index is 12.1. The molecule has 5 rings (SSSR count). The highest BCUT2D eigenvalue weighted by atomic mass is 16.7. The summed E-state index contributed by atoms with van der Waals surface area (Å²) in [5.74, 6) is -1.02. The molecule has 0 aromatic heterocycles. The number of carbonyl (C=O) groups is 3. The van der Waals surface area contributed by atoms with Gasteiger partial charge in [0.1, 0.15) is 0 Å². The van der Waals surface area contributed by atoms with E-state index >= 15 is 0 Å². The van der Waals surface area contributed by atoms with Crippen molar-refractivity contribution in [3.8, 4) is 0 Å². The van der Waals surface area contributed by atoms with Gasteiger partial charge in [0.15, 0.2) is 0 Å². The molecule has 0 spiro atoms. The van der Waals surface area contributed by atoms with Crippen LogP contribution < -0.4 is 5.32 Å². The van der Waals surface area contributed by atoms with Crippen molar-refractivity contribution < 1.29 is 19.2 Å². The van der Waals surface area contributed by atoms with Gasteiger partial charge in [-0.1, -0.05) is 42.5 Å². The number of anilines is 1. The minimum atomic E-state index is -0.869. The second-order valence-electron chi connectivity index (χ2n) is 6.59. The Labute approximate surface area is 153 Å². The van der Waals surface area contributed by atoms with Crippen molar-refractivity contribution in [2.45, 2.75) is 12.8 Å². The van der Waals surface area contributed by atoms with Crippen molar-refractivity contribution in [1.29, 1.82) is 0 Å². The predicted molar refractivity (Wildman–Crippen MR) is 101 cm³/mol. The van der Waals surface area contributed by atoms with Gasteiger partial charge < -0.3 is 4.84 Å². The molecular formula is C21H14N2O4. The van der Waals surface area contributed by atoms with E-state index in [4.69, 9.17) is 4.84 Å². The minimum absolute atomic E-state index is 0.0619. The van der Waals surface area contributed by atoms with Crippen LogP contribution in [0.1, 0.15) is 12.8 Å². The average Bonchev–Trinajstić information content (AvgIpc) is 2.98. The van der Waals surface area contributed by atoms with Gasteiger partial charge in [0.05, 0.1) is 0 Å². The molecule has 1 saturated heterocycles. The van der Waals surface area contributed by atoms with E-state index in [9.17, 15) is 14.4 Å². The lowest BCUT2D eigenvalue weighted by Gasteiger charge is -2.15. The molecule has 1 aliphatic heterocycles. The van der Waals surface area contributed by atoms with Gasteiger partial charge in [0.25, 0.3) is 11.8 Å². The van der Waals surface area contributed by atoms with Crippen LogP contribution in [0.4, 0.5) is 10.5 Å². The van der Waals surface area contributed by atoms with Crippen molar-refractivity contribution in [1.82, 2.24) is 5.06 Å². The number of nitrogens with one attached hydrogen (secondary N) is 1. The Hall–Kier alpha value is -3.67. The third-order valence-corrected chi connectivity index (χ3v) is 4.89. The maximum absolute atomic E-state index is 12.1. The third-order valence-electron chi connectivity index (χ3n) is 4.89. The fourth-order valence-electron chi connectivity index (χ4n) is 3.71. The Kier molecular flexibility index (Phi) is 3.27. The van der Waals surface area contributed by atoms with Crippen molar-refractivity contribution in [2.24, 2.45) is 0 Å². The number of rotatable bonds is 2. The van der Waals surface area contributed by atoms with E-state index < -0.39 is 17.9 Å². The summed E-state index contributed by atoms with van der Waals surface area (Å²) in [6.07, 6.45) is -0.745. The van der Waals surface area contributed by atoms with Gasteiger partial charge in [-0.2, -0.15) is 0 Å². The number of hydrogen-bond donors (Lipinski definition) is 1. The number of imide groups is 1. The Balaban J connectivity index is 1.51. The van der Waals surface area contributed by atoms with Gasteiger partial charge in [-0.15, -0.1) is 5.06 Å². The van der Waals surface area contributed by atoms with Gasteiger partial charge >= 0.3 is 6.09 Å². The zero-order valence-electron chi connectivity index (χ0n) is 14.2. The fraction of sp³-hybridized carbons (Fsp3) is 0.0952. The number of hydroxylamine groups is 2. The second-order valence-corrected chi connectivity index (χ2v) is 6.59. The molecule has 0 aliphatic carbocycles. The van der Waals surface area contributed by atoms with Crippen LogP contribution >= 0.6 is 0 Å². The van der Waals surface area contributed by atoms with Gasteiger partial charge in [-0.3, -0.25) is 14.9 Å². The second kappa shape index (κ2) is 5.67. The molecular weight excluding hydrogens is 344 g/mol. The predicted octanol–water partition coefficient (Wildman–Crippen LogP) is 4.20. The molecule has 0 atom stereocenters. The molecule has 1 N–H and O–H groups in total. The number of hydrogen-bond acceptors (Lipinski definition) is 4. The Morgan fingerprint density at radius 3 is 1.93 bits per heavy atom. The first-order valence-corrected chi connectivity index (χ1v) is 8.62. The van der Waals surface area contributed by atoms with Crippen LogP contribution in [0.2, 0.25) is 0 Å². The molecule has 0 bridgehead atoms. The Morgan fingerprint density at radius 1 is 0.815 bits per heavy atom. The fourth-order valence-corrected chi connectivity index (χ4v) is 3.71. The molecule has 132 valence electrons. The molecule has 1 fully saturated rings. The topological polar surface area (TPSA) is 75.7 Å².